The third-order valence-electron chi connectivity index (χ3n) is 5.61. The quantitative estimate of drug-likeness (QED) is 0.444. The molecule has 2 aromatic heterocycles. The number of nitrogens with zero attached hydrogens (tertiary/aromatic N) is 5. The Bertz CT molecular complexity index is 968. The summed E-state index contributed by atoms with van der Waals surface area (Å²) >= 11 is 1.50. The molecule has 3 aromatic rings. The van der Waals surface area contributed by atoms with Gasteiger partial charge in [0.1, 0.15) is 11.4 Å². The summed E-state index contributed by atoms with van der Waals surface area (Å²) in [6.45, 7) is 4.82. The molecule has 0 saturated heterocycles. The maximum atomic E-state index is 13.2. The van der Waals surface area contributed by atoms with Crippen molar-refractivity contribution < 1.29 is 4.79 Å². The molecule has 2 heterocycles. The van der Waals surface area contributed by atoms with Gasteiger partial charge in [-0.15, -0.1) is 0 Å². The summed E-state index contributed by atoms with van der Waals surface area (Å²) < 4.78 is 1.81. The summed E-state index contributed by atoms with van der Waals surface area (Å²) in [6.07, 6.45) is 9.33. The molecule has 0 aliphatic heterocycles. The molecular weight excluding hydrogens is 382 g/mol. The van der Waals surface area contributed by atoms with E-state index in [1.165, 1.54) is 31.0 Å². The number of thioether (sulfide) groups is 1. The van der Waals surface area contributed by atoms with Crippen LogP contribution in [0.3, 0.4) is 0 Å². The molecular formula is C22H27N5OS. The lowest BCUT2D eigenvalue weighted by Crippen LogP contribution is -2.44. The lowest BCUT2D eigenvalue weighted by molar-refractivity contribution is -0.133. The molecule has 1 aliphatic rings. The van der Waals surface area contributed by atoms with Crippen molar-refractivity contribution >= 4 is 28.7 Å². The van der Waals surface area contributed by atoms with E-state index in [-0.39, 0.29) is 11.2 Å². The zero-order valence-corrected chi connectivity index (χ0v) is 17.8. The molecule has 29 heavy (non-hydrogen) atoms. The first-order valence-electron chi connectivity index (χ1n) is 10.4. The highest BCUT2D eigenvalue weighted by Gasteiger charge is 2.28. The van der Waals surface area contributed by atoms with E-state index >= 15 is 0 Å². The number of para-hydroxylation sites is 1. The first kappa shape index (κ1) is 19.9. The van der Waals surface area contributed by atoms with E-state index in [9.17, 15) is 4.79 Å². The van der Waals surface area contributed by atoms with Crippen LogP contribution in [0.15, 0.2) is 47.9 Å². The number of rotatable bonds is 6. The van der Waals surface area contributed by atoms with E-state index in [1.807, 2.05) is 41.9 Å². The van der Waals surface area contributed by atoms with Crippen molar-refractivity contribution in [3.63, 3.8) is 0 Å². The molecule has 1 aliphatic carbocycles. The Morgan fingerprint density at radius 2 is 1.97 bits per heavy atom. The van der Waals surface area contributed by atoms with Gasteiger partial charge in [-0.1, -0.05) is 49.2 Å². The molecule has 4 rings (SSSR count). The molecule has 1 amide bonds. The van der Waals surface area contributed by atoms with E-state index in [0.717, 1.165) is 41.1 Å². The molecule has 1 atom stereocenters. The minimum atomic E-state index is -0.199. The SMILES string of the molecule is CCN(C(=O)C(C)Sc1ncnc2c1cnn2-c1ccccc1)C1CCCCC1. The number of amides is 1. The lowest BCUT2D eigenvalue weighted by atomic mass is 9.94. The summed E-state index contributed by atoms with van der Waals surface area (Å²) in [5.41, 5.74) is 1.71. The van der Waals surface area contributed by atoms with Crippen LogP contribution in [0, 0.1) is 0 Å². The van der Waals surface area contributed by atoms with Gasteiger partial charge in [-0.25, -0.2) is 14.6 Å². The fraction of sp³-hybridized carbons (Fsp3) is 0.455. The first-order valence-corrected chi connectivity index (χ1v) is 11.3. The molecule has 0 spiro atoms. The zero-order chi connectivity index (χ0) is 20.2. The number of carbonyl (C=O) groups excluding carboxylic acids is 1. The van der Waals surface area contributed by atoms with E-state index in [2.05, 4.69) is 26.9 Å². The maximum Gasteiger partial charge on any atom is 0.236 e. The third kappa shape index (κ3) is 4.15. The molecule has 1 unspecified atom stereocenters. The number of hydrogen-bond donors (Lipinski definition) is 0. The number of aromatic nitrogens is 4. The summed E-state index contributed by atoms with van der Waals surface area (Å²) in [7, 11) is 0. The highest BCUT2D eigenvalue weighted by Crippen LogP contribution is 2.31. The average molecular weight is 410 g/mol. The van der Waals surface area contributed by atoms with Crippen LogP contribution in [0.5, 0.6) is 0 Å². The summed E-state index contributed by atoms with van der Waals surface area (Å²) in [6, 6.07) is 10.3. The van der Waals surface area contributed by atoms with Crippen molar-refractivity contribution in [2.75, 3.05) is 6.54 Å². The van der Waals surface area contributed by atoms with Crippen LogP contribution in [0.4, 0.5) is 0 Å². The van der Waals surface area contributed by atoms with Crippen LogP contribution < -0.4 is 0 Å². The van der Waals surface area contributed by atoms with Gasteiger partial charge in [0.05, 0.1) is 22.5 Å². The molecule has 1 aromatic carbocycles. The highest BCUT2D eigenvalue weighted by molar-refractivity contribution is 8.00. The lowest BCUT2D eigenvalue weighted by Gasteiger charge is -2.35. The van der Waals surface area contributed by atoms with Gasteiger partial charge in [0.15, 0.2) is 5.65 Å². The fourth-order valence-electron chi connectivity index (χ4n) is 4.11. The molecule has 0 N–H and O–H groups in total. The molecule has 6 nitrogen and oxygen atoms in total. The van der Waals surface area contributed by atoms with Crippen molar-refractivity contribution in [2.45, 2.75) is 62.3 Å². The van der Waals surface area contributed by atoms with Gasteiger partial charge in [0, 0.05) is 12.6 Å². The van der Waals surface area contributed by atoms with E-state index in [1.54, 1.807) is 12.5 Å². The first-order chi connectivity index (χ1) is 14.2. The van der Waals surface area contributed by atoms with E-state index < -0.39 is 0 Å². The Balaban J connectivity index is 1.55. The van der Waals surface area contributed by atoms with Crippen LogP contribution in [0.2, 0.25) is 0 Å². The van der Waals surface area contributed by atoms with Gasteiger partial charge in [-0.05, 0) is 38.8 Å². The average Bonchev–Trinajstić information content (AvgIpc) is 3.21. The van der Waals surface area contributed by atoms with Crippen LogP contribution in [-0.4, -0.2) is 48.4 Å². The third-order valence-corrected chi connectivity index (χ3v) is 6.71. The molecule has 1 saturated carbocycles. The largest absolute Gasteiger partial charge is 0.339 e. The van der Waals surface area contributed by atoms with Crippen molar-refractivity contribution in [1.82, 2.24) is 24.6 Å². The van der Waals surface area contributed by atoms with E-state index in [0.29, 0.717) is 6.04 Å². The Hall–Kier alpha value is -2.41. The molecule has 0 radical (unpaired) electrons. The van der Waals surface area contributed by atoms with Crippen LogP contribution in [-0.2, 0) is 4.79 Å². The smallest absolute Gasteiger partial charge is 0.236 e. The Kier molecular flexibility index (Phi) is 6.13. The second-order valence-corrected chi connectivity index (χ2v) is 8.81. The molecule has 152 valence electrons. The predicted octanol–water partition coefficient (Wildman–Crippen LogP) is 4.48. The van der Waals surface area contributed by atoms with Crippen molar-refractivity contribution in [3.8, 4) is 5.69 Å². The standard InChI is InChI=1S/C22H27N5OS/c1-3-26(17-10-6-4-7-11-17)22(28)16(2)29-21-19-14-25-27(20(19)23-15-24-21)18-12-8-5-9-13-18/h5,8-9,12-17H,3-4,6-7,10-11H2,1-2H3. The van der Waals surface area contributed by atoms with Gasteiger partial charge < -0.3 is 4.90 Å². The van der Waals surface area contributed by atoms with Gasteiger partial charge >= 0.3 is 0 Å². The Morgan fingerprint density at radius 1 is 1.21 bits per heavy atom. The zero-order valence-electron chi connectivity index (χ0n) is 17.0. The number of benzene rings is 1. The molecule has 7 heteroatoms. The highest BCUT2D eigenvalue weighted by atomic mass is 32.2. The summed E-state index contributed by atoms with van der Waals surface area (Å²) in [4.78, 5) is 24.2. The molecule has 0 bridgehead atoms. The molecule has 1 fully saturated rings. The minimum absolute atomic E-state index is 0.199. The van der Waals surface area contributed by atoms with E-state index in [4.69, 9.17) is 0 Å². The van der Waals surface area contributed by atoms with Gasteiger partial charge in [0.2, 0.25) is 5.91 Å². The number of hydrogen-bond acceptors (Lipinski definition) is 5. The van der Waals surface area contributed by atoms with Crippen molar-refractivity contribution in [3.05, 3.63) is 42.9 Å². The number of fused-ring (bicyclic) bond motifs is 1. The Morgan fingerprint density at radius 3 is 2.69 bits per heavy atom. The summed E-state index contributed by atoms with van der Waals surface area (Å²) in [5, 5.41) is 5.99. The summed E-state index contributed by atoms with van der Waals surface area (Å²) in [5.74, 6) is 0.201. The maximum absolute atomic E-state index is 13.2. The van der Waals surface area contributed by atoms with Crippen molar-refractivity contribution in [2.24, 2.45) is 0 Å². The fourth-order valence-corrected chi connectivity index (χ4v) is 5.06. The second-order valence-electron chi connectivity index (χ2n) is 7.48. The predicted molar refractivity (Wildman–Crippen MR) is 116 cm³/mol. The van der Waals surface area contributed by atoms with Crippen LogP contribution in [0.1, 0.15) is 46.0 Å². The van der Waals surface area contributed by atoms with Crippen LogP contribution >= 0.6 is 11.8 Å². The number of carbonyl (C=O) groups is 1. The normalized spacial score (nSPS) is 16.1. The van der Waals surface area contributed by atoms with Gasteiger partial charge in [0.25, 0.3) is 0 Å². The minimum Gasteiger partial charge on any atom is -0.339 e. The van der Waals surface area contributed by atoms with Crippen LogP contribution in [0.25, 0.3) is 16.7 Å². The van der Waals surface area contributed by atoms with Gasteiger partial charge in [-0.3, -0.25) is 4.79 Å². The topological polar surface area (TPSA) is 63.9 Å². The Labute approximate surface area is 175 Å². The van der Waals surface area contributed by atoms with Gasteiger partial charge in [-0.2, -0.15) is 5.10 Å². The monoisotopic (exact) mass is 409 g/mol. The van der Waals surface area contributed by atoms with Crippen molar-refractivity contribution in [1.29, 1.82) is 0 Å². The second kappa shape index (κ2) is 8.95.